The molecule has 1 heterocycles. The average Bonchev–Trinajstić information content (AvgIpc) is 2.82. The lowest BCUT2D eigenvalue weighted by Crippen LogP contribution is -2.45. The minimum atomic E-state index is -1.55. The Morgan fingerprint density at radius 2 is 1.83 bits per heavy atom. The molecule has 4 nitrogen and oxygen atoms in total. The van der Waals surface area contributed by atoms with Crippen LogP contribution in [0.2, 0.25) is 0 Å². The first-order valence-corrected chi connectivity index (χ1v) is 7.70. The number of aliphatic hydroxyl groups is 1. The molecule has 1 aliphatic heterocycles. The molecule has 2 aromatic rings. The highest BCUT2D eigenvalue weighted by molar-refractivity contribution is 5.80. The lowest BCUT2D eigenvalue weighted by Gasteiger charge is -2.28. The summed E-state index contributed by atoms with van der Waals surface area (Å²) < 4.78 is 10.9. The maximum Gasteiger partial charge on any atom is 0.351 e. The molecular formula is C19H20O4. The van der Waals surface area contributed by atoms with Crippen LogP contribution in [0, 0.1) is 13.8 Å². The number of hydrogen-bond donors (Lipinski definition) is 1. The van der Waals surface area contributed by atoms with Crippen LogP contribution in [0.5, 0.6) is 5.75 Å². The Hall–Kier alpha value is -2.33. The van der Waals surface area contributed by atoms with Crippen LogP contribution >= 0.6 is 0 Å². The lowest BCUT2D eigenvalue weighted by molar-refractivity contribution is -0.159. The fraction of sp³-hybridized carbons (Fsp3) is 0.316. The topological polar surface area (TPSA) is 55.8 Å². The summed E-state index contributed by atoms with van der Waals surface area (Å²) in [6.45, 7) is 5.88. The summed E-state index contributed by atoms with van der Waals surface area (Å²) in [7, 11) is 0. The standard InChI is InChI=1S/C19H20O4/c1-4-22-18(20)17-19(21,14-8-5-12(2)6-9-14)15-11-13(3)7-10-16(15)23-17/h5-11,17,21H,4H2,1-3H3/t17-,19-/m0/s1. The van der Waals surface area contributed by atoms with E-state index in [1.165, 1.54) is 0 Å². The predicted molar refractivity (Wildman–Crippen MR) is 86.4 cm³/mol. The Balaban J connectivity index is 2.16. The summed E-state index contributed by atoms with van der Waals surface area (Å²) >= 11 is 0. The van der Waals surface area contributed by atoms with Crippen molar-refractivity contribution in [2.75, 3.05) is 6.61 Å². The Morgan fingerprint density at radius 1 is 1.17 bits per heavy atom. The summed E-state index contributed by atoms with van der Waals surface area (Å²) in [6.07, 6.45) is -1.11. The fourth-order valence-electron chi connectivity index (χ4n) is 2.95. The molecule has 23 heavy (non-hydrogen) atoms. The highest BCUT2D eigenvalue weighted by Crippen LogP contribution is 2.46. The SMILES string of the molecule is CCOC(=O)[C@@H]1Oc2ccc(C)cc2[C@@]1(O)c1ccc(C)cc1. The van der Waals surface area contributed by atoms with Crippen molar-refractivity contribution in [3.8, 4) is 5.75 Å². The molecule has 0 unspecified atom stereocenters. The normalized spacial score (nSPS) is 22.3. The fourth-order valence-corrected chi connectivity index (χ4v) is 2.95. The summed E-state index contributed by atoms with van der Waals surface area (Å²) in [5.41, 5.74) is 1.72. The van der Waals surface area contributed by atoms with Crippen molar-refractivity contribution in [1.82, 2.24) is 0 Å². The predicted octanol–water partition coefficient (Wildman–Crippen LogP) is 2.86. The van der Waals surface area contributed by atoms with E-state index in [0.717, 1.165) is 11.1 Å². The second kappa shape index (κ2) is 5.70. The van der Waals surface area contributed by atoms with Crippen LogP contribution in [-0.2, 0) is 15.1 Å². The molecule has 0 aromatic heterocycles. The van der Waals surface area contributed by atoms with E-state index in [1.807, 2.05) is 50.2 Å². The second-order valence-electron chi connectivity index (χ2n) is 5.88. The van der Waals surface area contributed by atoms with Gasteiger partial charge in [0.25, 0.3) is 0 Å². The quantitative estimate of drug-likeness (QED) is 0.886. The van der Waals surface area contributed by atoms with E-state index < -0.39 is 17.7 Å². The Kier molecular flexibility index (Phi) is 3.86. The summed E-state index contributed by atoms with van der Waals surface area (Å²) in [5.74, 6) is -0.0545. The van der Waals surface area contributed by atoms with Crippen molar-refractivity contribution in [2.24, 2.45) is 0 Å². The number of carbonyl (C=O) groups excluding carboxylic acids is 1. The van der Waals surface area contributed by atoms with Crippen molar-refractivity contribution in [1.29, 1.82) is 0 Å². The van der Waals surface area contributed by atoms with Gasteiger partial charge in [0.15, 0.2) is 5.60 Å². The van der Waals surface area contributed by atoms with Crippen molar-refractivity contribution in [3.63, 3.8) is 0 Å². The van der Waals surface area contributed by atoms with Gasteiger partial charge in [-0.05, 0) is 38.5 Å². The number of esters is 1. The smallest absolute Gasteiger partial charge is 0.351 e. The molecule has 2 atom stereocenters. The summed E-state index contributed by atoms with van der Waals surface area (Å²) in [5, 5.41) is 11.5. The van der Waals surface area contributed by atoms with Gasteiger partial charge in [-0.3, -0.25) is 0 Å². The number of carbonyl (C=O) groups is 1. The van der Waals surface area contributed by atoms with Crippen LogP contribution in [0.15, 0.2) is 42.5 Å². The van der Waals surface area contributed by atoms with Crippen LogP contribution in [0.3, 0.4) is 0 Å². The maximum absolute atomic E-state index is 12.3. The first-order chi connectivity index (χ1) is 11.0. The number of benzene rings is 2. The molecule has 0 saturated heterocycles. The van der Waals surface area contributed by atoms with E-state index >= 15 is 0 Å². The molecule has 1 N–H and O–H groups in total. The molecule has 0 aliphatic carbocycles. The number of hydrogen-bond acceptors (Lipinski definition) is 4. The zero-order valence-corrected chi connectivity index (χ0v) is 13.5. The zero-order chi connectivity index (χ0) is 16.6. The van der Waals surface area contributed by atoms with Crippen LogP contribution in [-0.4, -0.2) is 23.8 Å². The van der Waals surface area contributed by atoms with Crippen molar-refractivity contribution in [3.05, 3.63) is 64.7 Å². The average molecular weight is 312 g/mol. The van der Waals surface area contributed by atoms with Crippen LogP contribution in [0.4, 0.5) is 0 Å². The Bertz CT molecular complexity index is 736. The molecular weight excluding hydrogens is 292 g/mol. The monoisotopic (exact) mass is 312 g/mol. The van der Waals surface area contributed by atoms with E-state index in [1.54, 1.807) is 13.0 Å². The minimum Gasteiger partial charge on any atom is -0.474 e. The molecule has 4 heteroatoms. The third-order valence-electron chi connectivity index (χ3n) is 4.16. The Morgan fingerprint density at radius 3 is 2.48 bits per heavy atom. The van der Waals surface area contributed by atoms with Gasteiger partial charge < -0.3 is 14.6 Å². The van der Waals surface area contributed by atoms with Crippen molar-refractivity contribution < 1.29 is 19.4 Å². The van der Waals surface area contributed by atoms with Crippen LogP contribution < -0.4 is 4.74 Å². The van der Waals surface area contributed by atoms with E-state index in [2.05, 4.69) is 0 Å². The zero-order valence-electron chi connectivity index (χ0n) is 13.5. The highest BCUT2D eigenvalue weighted by Gasteiger charge is 2.53. The van der Waals surface area contributed by atoms with Gasteiger partial charge in [-0.1, -0.05) is 41.5 Å². The number of fused-ring (bicyclic) bond motifs is 1. The first kappa shape index (κ1) is 15.6. The van der Waals surface area contributed by atoms with Crippen molar-refractivity contribution in [2.45, 2.75) is 32.5 Å². The van der Waals surface area contributed by atoms with Gasteiger partial charge in [-0.25, -0.2) is 4.79 Å². The van der Waals surface area contributed by atoms with Crippen LogP contribution in [0.1, 0.15) is 29.2 Å². The van der Waals surface area contributed by atoms with Gasteiger partial charge in [0.1, 0.15) is 5.75 Å². The highest BCUT2D eigenvalue weighted by atomic mass is 16.6. The first-order valence-electron chi connectivity index (χ1n) is 7.70. The molecule has 0 saturated carbocycles. The lowest BCUT2D eigenvalue weighted by atomic mass is 9.82. The minimum absolute atomic E-state index is 0.234. The second-order valence-corrected chi connectivity index (χ2v) is 5.88. The molecule has 0 amide bonds. The van der Waals surface area contributed by atoms with Gasteiger partial charge in [0.05, 0.1) is 6.61 Å². The summed E-state index contributed by atoms with van der Waals surface area (Å²) in [6, 6.07) is 13.0. The molecule has 120 valence electrons. The molecule has 3 rings (SSSR count). The molecule has 0 bridgehead atoms. The third kappa shape index (κ3) is 2.49. The van der Waals surface area contributed by atoms with Crippen LogP contribution in [0.25, 0.3) is 0 Å². The molecule has 2 aromatic carbocycles. The van der Waals surface area contributed by atoms with Gasteiger partial charge in [-0.15, -0.1) is 0 Å². The summed E-state index contributed by atoms with van der Waals surface area (Å²) in [4.78, 5) is 12.3. The number of ether oxygens (including phenoxy) is 2. The number of aryl methyl sites for hydroxylation is 2. The van der Waals surface area contributed by atoms with E-state index in [9.17, 15) is 9.90 Å². The molecule has 0 radical (unpaired) electrons. The van der Waals surface area contributed by atoms with Crippen molar-refractivity contribution >= 4 is 5.97 Å². The van der Waals surface area contributed by atoms with Gasteiger partial charge in [-0.2, -0.15) is 0 Å². The van der Waals surface area contributed by atoms with Gasteiger partial charge >= 0.3 is 5.97 Å². The van der Waals surface area contributed by atoms with Gasteiger partial charge in [0, 0.05) is 5.56 Å². The van der Waals surface area contributed by atoms with Gasteiger partial charge in [0.2, 0.25) is 6.10 Å². The van der Waals surface area contributed by atoms with E-state index in [4.69, 9.17) is 9.47 Å². The van der Waals surface area contributed by atoms with E-state index in [0.29, 0.717) is 16.9 Å². The number of rotatable bonds is 3. The maximum atomic E-state index is 12.3. The molecule has 0 fully saturated rings. The third-order valence-corrected chi connectivity index (χ3v) is 4.16. The molecule has 1 aliphatic rings. The molecule has 0 spiro atoms. The largest absolute Gasteiger partial charge is 0.474 e. The Labute approximate surface area is 135 Å². The van der Waals surface area contributed by atoms with E-state index in [-0.39, 0.29) is 6.61 Å².